The van der Waals surface area contributed by atoms with Crippen molar-refractivity contribution in [3.63, 3.8) is 0 Å². The normalized spacial score (nSPS) is 16.5. The van der Waals surface area contributed by atoms with E-state index in [1.807, 2.05) is 6.07 Å². The maximum atomic E-state index is 12.3. The lowest BCUT2D eigenvalue weighted by Gasteiger charge is -2.19. The zero-order valence-electron chi connectivity index (χ0n) is 15.7. The number of nitrogens with zero attached hydrogens (tertiary/aromatic N) is 3. The van der Waals surface area contributed by atoms with Crippen molar-refractivity contribution in [2.75, 3.05) is 11.9 Å². The smallest absolute Gasteiger partial charge is 0.263 e. The highest BCUT2D eigenvalue weighted by molar-refractivity contribution is 6.03. The Hall–Kier alpha value is -3.75. The SMILES string of the molecule is Cn1nc(C2CCC(=O)NC2=O)c2cccc(OCC(=O)Nc3ccccn3)c21. The number of fused-ring (bicyclic) bond motifs is 1. The molecule has 1 aromatic carbocycles. The fraction of sp³-hybridized carbons (Fsp3) is 0.250. The molecule has 2 aromatic heterocycles. The van der Waals surface area contributed by atoms with Crippen LogP contribution in [0.15, 0.2) is 42.6 Å². The Morgan fingerprint density at radius 3 is 2.90 bits per heavy atom. The summed E-state index contributed by atoms with van der Waals surface area (Å²) in [5, 5.41) is 10.3. The molecular formula is C20H19N5O4. The third-order valence-electron chi connectivity index (χ3n) is 4.72. The van der Waals surface area contributed by atoms with Crippen LogP contribution >= 0.6 is 0 Å². The number of anilines is 1. The first-order valence-corrected chi connectivity index (χ1v) is 9.16. The van der Waals surface area contributed by atoms with Gasteiger partial charge in [-0.3, -0.25) is 24.4 Å². The number of piperidine rings is 1. The van der Waals surface area contributed by atoms with E-state index >= 15 is 0 Å². The lowest BCUT2D eigenvalue weighted by Crippen LogP contribution is -2.39. The largest absolute Gasteiger partial charge is 0.481 e. The molecule has 1 atom stereocenters. The second kappa shape index (κ2) is 7.70. The summed E-state index contributed by atoms with van der Waals surface area (Å²) in [4.78, 5) is 39.9. The van der Waals surface area contributed by atoms with Gasteiger partial charge in [0, 0.05) is 25.1 Å². The predicted octanol–water partition coefficient (Wildman–Crippen LogP) is 1.51. The summed E-state index contributed by atoms with van der Waals surface area (Å²) >= 11 is 0. The van der Waals surface area contributed by atoms with Gasteiger partial charge in [0.15, 0.2) is 6.61 Å². The molecule has 9 heteroatoms. The number of imide groups is 1. The van der Waals surface area contributed by atoms with Crippen molar-refractivity contribution in [2.45, 2.75) is 18.8 Å². The Morgan fingerprint density at radius 2 is 2.14 bits per heavy atom. The molecule has 0 radical (unpaired) electrons. The third-order valence-corrected chi connectivity index (χ3v) is 4.72. The number of ether oxygens (including phenoxy) is 1. The molecule has 3 amide bonds. The molecule has 9 nitrogen and oxygen atoms in total. The van der Waals surface area contributed by atoms with Crippen molar-refractivity contribution in [1.29, 1.82) is 0 Å². The van der Waals surface area contributed by atoms with Crippen LogP contribution in [0.3, 0.4) is 0 Å². The fourth-order valence-corrected chi connectivity index (χ4v) is 3.42. The molecule has 29 heavy (non-hydrogen) atoms. The summed E-state index contributed by atoms with van der Waals surface area (Å²) in [6, 6.07) is 10.6. The van der Waals surface area contributed by atoms with E-state index < -0.39 is 5.92 Å². The van der Waals surface area contributed by atoms with Crippen molar-refractivity contribution >= 4 is 34.4 Å². The fourth-order valence-electron chi connectivity index (χ4n) is 3.42. The van der Waals surface area contributed by atoms with Crippen LogP contribution in [0, 0.1) is 0 Å². The van der Waals surface area contributed by atoms with Crippen LogP contribution in [0.25, 0.3) is 10.9 Å². The van der Waals surface area contributed by atoms with Crippen molar-refractivity contribution < 1.29 is 19.1 Å². The number of pyridine rings is 1. The average molecular weight is 393 g/mol. The van der Waals surface area contributed by atoms with Crippen molar-refractivity contribution in [1.82, 2.24) is 20.1 Å². The number of nitrogens with one attached hydrogen (secondary N) is 2. The highest BCUT2D eigenvalue weighted by atomic mass is 16.5. The predicted molar refractivity (Wildman–Crippen MR) is 104 cm³/mol. The first kappa shape index (κ1) is 18.6. The van der Waals surface area contributed by atoms with E-state index in [1.54, 1.807) is 48.3 Å². The zero-order valence-corrected chi connectivity index (χ0v) is 15.7. The third kappa shape index (κ3) is 3.79. The highest BCUT2D eigenvalue weighted by Gasteiger charge is 2.32. The summed E-state index contributed by atoms with van der Waals surface area (Å²) in [6.07, 6.45) is 2.27. The van der Waals surface area contributed by atoms with E-state index in [0.717, 1.165) is 5.39 Å². The van der Waals surface area contributed by atoms with E-state index in [9.17, 15) is 14.4 Å². The first-order valence-electron chi connectivity index (χ1n) is 9.16. The molecule has 1 aliphatic heterocycles. The van der Waals surface area contributed by atoms with Crippen LogP contribution in [0.4, 0.5) is 5.82 Å². The van der Waals surface area contributed by atoms with Crippen LogP contribution in [-0.4, -0.2) is 39.1 Å². The Bertz CT molecular complexity index is 1090. The lowest BCUT2D eigenvalue weighted by molar-refractivity contribution is -0.134. The number of amides is 3. The maximum absolute atomic E-state index is 12.3. The second-order valence-electron chi connectivity index (χ2n) is 6.72. The Balaban J connectivity index is 1.55. The molecule has 1 fully saturated rings. The van der Waals surface area contributed by atoms with Gasteiger partial charge in [0.2, 0.25) is 11.8 Å². The molecule has 1 aliphatic rings. The number of benzene rings is 1. The molecule has 3 aromatic rings. The summed E-state index contributed by atoms with van der Waals surface area (Å²) in [5.74, 6) is -0.531. The molecule has 1 unspecified atom stereocenters. The molecular weight excluding hydrogens is 374 g/mol. The Labute approximate surface area is 166 Å². The first-order chi connectivity index (χ1) is 14.0. The van der Waals surface area contributed by atoms with Gasteiger partial charge in [-0.15, -0.1) is 0 Å². The van der Waals surface area contributed by atoms with Crippen LogP contribution < -0.4 is 15.4 Å². The van der Waals surface area contributed by atoms with Gasteiger partial charge in [-0.25, -0.2) is 4.98 Å². The molecule has 4 rings (SSSR count). The number of para-hydroxylation sites is 1. The van der Waals surface area contributed by atoms with Crippen molar-refractivity contribution in [2.24, 2.45) is 7.05 Å². The lowest BCUT2D eigenvalue weighted by atomic mass is 9.93. The minimum Gasteiger partial charge on any atom is -0.481 e. The van der Waals surface area contributed by atoms with Gasteiger partial charge in [-0.2, -0.15) is 5.10 Å². The van der Waals surface area contributed by atoms with E-state index in [0.29, 0.717) is 29.2 Å². The van der Waals surface area contributed by atoms with Gasteiger partial charge in [0.25, 0.3) is 5.91 Å². The number of carbonyl (C=O) groups excluding carboxylic acids is 3. The molecule has 0 bridgehead atoms. The van der Waals surface area contributed by atoms with E-state index in [4.69, 9.17) is 4.74 Å². The molecule has 0 saturated carbocycles. The van der Waals surface area contributed by atoms with Gasteiger partial charge in [0.05, 0.1) is 11.6 Å². The number of hydrogen-bond donors (Lipinski definition) is 2. The van der Waals surface area contributed by atoms with Gasteiger partial charge < -0.3 is 10.1 Å². The van der Waals surface area contributed by atoms with E-state index in [2.05, 4.69) is 20.7 Å². The molecule has 148 valence electrons. The second-order valence-corrected chi connectivity index (χ2v) is 6.72. The molecule has 3 heterocycles. The van der Waals surface area contributed by atoms with Crippen LogP contribution in [0.1, 0.15) is 24.5 Å². The van der Waals surface area contributed by atoms with E-state index in [-0.39, 0.29) is 30.7 Å². The van der Waals surface area contributed by atoms with Gasteiger partial charge in [-0.05, 0) is 24.6 Å². The molecule has 1 saturated heterocycles. The van der Waals surface area contributed by atoms with Gasteiger partial charge in [0.1, 0.15) is 17.1 Å². The number of carbonyl (C=O) groups is 3. The van der Waals surface area contributed by atoms with E-state index in [1.165, 1.54) is 0 Å². The molecule has 2 N–H and O–H groups in total. The van der Waals surface area contributed by atoms with Crippen molar-refractivity contribution in [3.05, 3.63) is 48.3 Å². The Kier molecular flexibility index (Phi) is 4.94. The summed E-state index contributed by atoms with van der Waals surface area (Å²) in [7, 11) is 1.75. The summed E-state index contributed by atoms with van der Waals surface area (Å²) in [5.41, 5.74) is 1.27. The molecule has 0 aliphatic carbocycles. The minimum absolute atomic E-state index is 0.200. The van der Waals surface area contributed by atoms with Crippen molar-refractivity contribution in [3.8, 4) is 5.75 Å². The number of aromatic nitrogens is 3. The van der Waals surface area contributed by atoms with Crippen LogP contribution in [0.2, 0.25) is 0 Å². The standard InChI is InChI=1S/C20H19N5O4/c1-25-19-12(18(24-25)13-8-9-16(26)23-20(13)28)5-4-6-14(19)29-11-17(27)22-15-7-2-3-10-21-15/h2-7,10,13H,8-9,11H2,1H3,(H,21,22,27)(H,23,26,28). The average Bonchev–Trinajstić information content (AvgIpc) is 3.04. The van der Waals surface area contributed by atoms with Crippen LogP contribution in [0.5, 0.6) is 5.75 Å². The highest BCUT2D eigenvalue weighted by Crippen LogP contribution is 2.34. The minimum atomic E-state index is -0.501. The van der Waals surface area contributed by atoms with Gasteiger partial charge >= 0.3 is 0 Å². The number of aryl methyl sites for hydroxylation is 1. The zero-order chi connectivity index (χ0) is 20.4. The quantitative estimate of drug-likeness (QED) is 0.635. The van der Waals surface area contributed by atoms with Gasteiger partial charge in [-0.1, -0.05) is 18.2 Å². The monoisotopic (exact) mass is 393 g/mol. The maximum Gasteiger partial charge on any atom is 0.263 e. The topological polar surface area (TPSA) is 115 Å². The molecule has 0 spiro atoms. The van der Waals surface area contributed by atoms with Crippen LogP contribution in [-0.2, 0) is 21.4 Å². The summed E-state index contributed by atoms with van der Waals surface area (Å²) < 4.78 is 7.35. The Morgan fingerprint density at radius 1 is 1.28 bits per heavy atom. The number of rotatable bonds is 5. The summed E-state index contributed by atoms with van der Waals surface area (Å²) in [6.45, 7) is -0.200. The number of hydrogen-bond acceptors (Lipinski definition) is 6.